The van der Waals surface area contributed by atoms with Crippen LogP contribution in [0.5, 0.6) is 0 Å². The van der Waals surface area contributed by atoms with Crippen LogP contribution >= 0.6 is 0 Å². The van der Waals surface area contributed by atoms with E-state index in [1.165, 1.54) is 0 Å². The van der Waals surface area contributed by atoms with Gasteiger partial charge in [-0.1, -0.05) is 60.7 Å². The molecule has 0 fully saturated rings. The number of fused-ring (bicyclic) bond motifs is 6. The lowest BCUT2D eigenvalue weighted by Crippen LogP contribution is -2.15. The molecule has 0 unspecified atom stereocenters. The highest BCUT2D eigenvalue weighted by Gasteiger charge is 2.32. The summed E-state index contributed by atoms with van der Waals surface area (Å²) >= 11 is 0. The van der Waals surface area contributed by atoms with Gasteiger partial charge in [0.15, 0.2) is 11.6 Å². The second-order valence-corrected chi connectivity index (χ2v) is 9.22. The number of ketones is 2. The van der Waals surface area contributed by atoms with Crippen LogP contribution in [-0.4, -0.2) is 11.6 Å². The molecule has 0 saturated carbocycles. The zero-order valence-electron chi connectivity index (χ0n) is 18.1. The van der Waals surface area contributed by atoms with Crippen molar-refractivity contribution in [3.05, 3.63) is 119 Å². The van der Waals surface area contributed by atoms with E-state index in [2.05, 4.69) is 24.3 Å². The fraction of sp³-hybridized carbons (Fsp3) is 0. The topological polar surface area (TPSA) is 34.1 Å². The van der Waals surface area contributed by atoms with Crippen LogP contribution in [0.25, 0.3) is 54.6 Å². The van der Waals surface area contributed by atoms with Crippen molar-refractivity contribution < 1.29 is 9.59 Å². The molecule has 156 valence electrons. The third-order valence-electron chi connectivity index (χ3n) is 7.49. The van der Waals surface area contributed by atoms with E-state index in [4.69, 9.17) is 0 Å². The molecule has 0 spiro atoms. The molecule has 0 aliphatic heterocycles. The van der Waals surface area contributed by atoms with Crippen LogP contribution in [0.1, 0.15) is 31.8 Å². The predicted octanol–water partition coefficient (Wildman–Crippen LogP) is 7.57. The number of benzene rings is 6. The molecule has 0 saturated heterocycles. The molecule has 2 aliphatic carbocycles. The molecule has 2 nitrogen and oxygen atoms in total. The van der Waals surface area contributed by atoms with Crippen molar-refractivity contribution in [2.45, 2.75) is 0 Å². The Bertz CT molecular complexity index is 1800. The first-order valence-electron chi connectivity index (χ1n) is 11.4. The minimum absolute atomic E-state index is 0.0220. The van der Waals surface area contributed by atoms with Crippen molar-refractivity contribution in [1.82, 2.24) is 0 Å². The van der Waals surface area contributed by atoms with Gasteiger partial charge in [-0.15, -0.1) is 0 Å². The van der Waals surface area contributed by atoms with Gasteiger partial charge >= 0.3 is 0 Å². The summed E-state index contributed by atoms with van der Waals surface area (Å²) in [5, 5.41) is 6.11. The highest BCUT2D eigenvalue weighted by Crippen LogP contribution is 2.48. The lowest BCUT2D eigenvalue weighted by atomic mass is 9.75. The smallest absolute Gasteiger partial charge is 0.194 e. The van der Waals surface area contributed by atoms with Crippen LogP contribution in [0.4, 0.5) is 0 Å². The average molecular weight is 432 g/mol. The van der Waals surface area contributed by atoms with E-state index >= 15 is 0 Å². The van der Waals surface area contributed by atoms with Crippen molar-refractivity contribution in [1.29, 1.82) is 0 Å². The minimum atomic E-state index is 0.0220. The maximum atomic E-state index is 13.7. The van der Waals surface area contributed by atoms with Gasteiger partial charge in [0.25, 0.3) is 0 Å². The third kappa shape index (κ3) is 2.11. The van der Waals surface area contributed by atoms with Crippen LogP contribution in [-0.2, 0) is 0 Å². The summed E-state index contributed by atoms with van der Waals surface area (Å²) in [6.45, 7) is 0. The molecule has 8 rings (SSSR count). The molecular weight excluding hydrogens is 416 g/mol. The summed E-state index contributed by atoms with van der Waals surface area (Å²) in [5.74, 6) is 0.0439. The van der Waals surface area contributed by atoms with E-state index in [1.54, 1.807) is 0 Å². The SMILES string of the molecule is O=C1c2cc3ccccc3cc2-c2ccc3c4c(ccc1c24)-c1cc2ccccc2cc1C3=O. The summed E-state index contributed by atoms with van der Waals surface area (Å²) in [4.78, 5) is 27.4. The summed E-state index contributed by atoms with van der Waals surface area (Å²) in [6.07, 6.45) is 0. The molecule has 0 radical (unpaired) electrons. The molecular formula is C32H16O2. The first-order chi connectivity index (χ1) is 16.7. The molecule has 0 N–H and O–H groups in total. The van der Waals surface area contributed by atoms with E-state index < -0.39 is 0 Å². The Morgan fingerprint density at radius 1 is 0.324 bits per heavy atom. The monoisotopic (exact) mass is 432 g/mol. The zero-order valence-corrected chi connectivity index (χ0v) is 18.1. The Kier molecular flexibility index (Phi) is 3.20. The van der Waals surface area contributed by atoms with Crippen LogP contribution in [0.15, 0.2) is 97.1 Å². The fourth-order valence-corrected chi connectivity index (χ4v) is 5.91. The van der Waals surface area contributed by atoms with Gasteiger partial charge in [-0.3, -0.25) is 9.59 Å². The number of rotatable bonds is 0. The fourth-order valence-electron chi connectivity index (χ4n) is 5.91. The summed E-state index contributed by atoms with van der Waals surface area (Å²) in [6, 6.07) is 32.4. The van der Waals surface area contributed by atoms with Gasteiger partial charge in [-0.25, -0.2) is 0 Å². The maximum Gasteiger partial charge on any atom is 0.194 e. The highest BCUT2D eigenvalue weighted by atomic mass is 16.1. The molecule has 0 heterocycles. The van der Waals surface area contributed by atoms with Gasteiger partial charge in [0, 0.05) is 33.0 Å². The van der Waals surface area contributed by atoms with E-state index in [0.29, 0.717) is 11.1 Å². The first-order valence-corrected chi connectivity index (χ1v) is 11.4. The van der Waals surface area contributed by atoms with Crippen LogP contribution in [0.3, 0.4) is 0 Å². The molecule has 2 aliphatic rings. The van der Waals surface area contributed by atoms with E-state index in [9.17, 15) is 9.59 Å². The maximum absolute atomic E-state index is 13.7. The Morgan fingerprint density at radius 2 is 0.647 bits per heavy atom. The van der Waals surface area contributed by atoms with Gasteiger partial charge in [0.2, 0.25) is 0 Å². The summed E-state index contributed by atoms with van der Waals surface area (Å²) in [5.41, 5.74) is 6.73. The van der Waals surface area contributed by atoms with E-state index in [-0.39, 0.29) is 11.6 Å². The van der Waals surface area contributed by atoms with Gasteiger partial charge in [0.1, 0.15) is 0 Å². The highest BCUT2D eigenvalue weighted by molar-refractivity contribution is 6.34. The molecule has 6 aromatic carbocycles. The van der Waals surface area contributed by atoms with Gasteiger partial charge in [-0.2, -0.15) is 0 Å². The second kappa shape index (κ2) is 6.06. The van der Waals surface area contributed by atoms with Crippen molar-refractivity contribution in [2.24, 2.45) is 0 Å². The summed E-state index contributed by atoms with van der Waals surface area (Å²) < 4.78 is 0. The van der Waals surface area contributed by atoms with Crippen molar-refractivity contribution in [3.8, 4) is 22.3 Å². The Morgan fingerprint density at radius 3 is 1.03 bits per heavy atom. The van der Waals surface area contributed by atoms with Crippen molar-refractivity contribution in [2.75, 3.05) is 0 Å². The Hall–Kier alpha value is -4.56. The second-order valence-electron chi connectivity index (χ2n) is 9.22. The predicted molar refractivity (Wildman–Crippen MR) is 137 cm³/mol. The van der Waals surface area contributed by atoms with E-state index in [1.807, 2.05) is 72.8 Å². The number of carbonyl (C=O) groups excluding carboxylic acids is 2. The van der Waals surface area contributed by atoms with Crippen molar-refractivity contribution >= 4 is 43.9 Å². The van der Waals surface area contributed by atoms with Crippen LogP contribution in [0.2, 0.25) is 0 Å². The lowest BCUT2D eigenvalue weighted by molar-refractivity contribution is 0.103. The average Bonchev–Trinajstić information content (AvgIpc) is 2.88. The molecule has 6 aromatic rings. The normalized spacial score (nSPS) is 13.4. The molecule has 0 bridgehead atoms. The van der Waals surface area contributed by atoms with Crippen LogP contribution in [0, 0.1) is 0 Å². The molecule has 0 atom stereocenters. The Balaban J connectivity index is 1.52. The largest absolute Gasteiger partial charge is 0.289 e. The number of carbonyl (C=O) groups is 2. The molecule has 0 amide bonds. The summed E-state index contributed by atoms with van der Waals surface area (Å²) in [7, 11) is 0. The van der Waals surface area contributed by atoms with Crippen molar-refractivity contribution in [3.63, 3.8) is 0 Å². The van der Waals surface area contributed by atoms with Gasteiger partial charge < -0.3 is 0 Å². The molecule has 34 heavy (non-hydrogen) atoms. The third-order valence-corrected chi connectivity index (χ3v) is 7.49. The number of hydrogen-bond donors (Lipinski definition) is 0. The molecule has 0 aromatic heterocycles. The van der Waals surface area contributed by atoms with Crippen LogP contribution < -0.4 is 0 Å². The molecule has 2 heteroatoms. The first kappa shape index (κ1) is 17.9. The number of hydrogen-bond acceptors (Lipinski definition) is 2. The Labute approximate surface area is 195 Å². The minimum Gasteiger partial charge on any atom is -0.289 e. The van der Waals surface area contributed by atoms with E-state index in [0.717, 1.165) is 65.7 Å². The zero-order chi connectivity index (χ0) is 22.6. The van der Waals surface area contributed by atoms with Gasteiger partial charge in [0.05, 0.1) is 0 Å². The quantitative estimate of drug-likeness (QED) is 0.248. The lowest BCUT2D eigenvalue weighted by Gasteiger charge is -2.26. The van der Waals surface area contributed by atoms with Gasteiger partial charge in [-0.05, 0) is 80.2 Å². The standard InChI is InChI=1S/C32H16O2/c33-31-23-12-10-22-26-14-18-6-2-4-8-20(18)16-28(26)32(34)24-11-9-21(29(23)30(22)24)25-13-17-5-1-3-7-19(17)15-27(25)31/h1-16H.